The Balaban J connectivity index is 0.00000185. The summed E-state index contributed by atoms with van der Waals surface area (Å²) < 4.78 is 45.9. The predicted octanol–water partition coefficient (Wildman–Crippen LogP) is 6.32. The molecular weight excluding hydrogens is 582 g/mol. The number of thiazole rings is 1. The van der Waals surface area contributed by atoms with Crippen molar-refractivity contribution in [2.75, 3.05) is 32.7 Å². The van der Waals surface area contributed by atoms with Gasteiger partial charge >= 0.3 is 0 Å². The molecule has 0 radical (unpaired) electrons. The average molecular weight is 615 g/mol. The van der Waals surface area contributed by atoms with Gasteiger partial charge < -0.3 is 15.5 Å². The van der Waals surface area contributed by atoms with E-state index in [1.807, 2.05) is 16.5 Å². The predicted molar refractivity (Wildman–Crippen MR) is 158 cm³/mol. The molecule has 2 aromatic heterocycles. The molecule has 2 aliphatic rings. The van der Waals surface area contributed by atoms with E-state index in [1.165, 1.54) is 11.3 Å². The fourth-order valence-corrected chi connectivity index (χ4v) is 6.53. The third kappa shape index (κ3) is 6.11. The van der Waals surface area contributed by atoms with Crippen LogP contribution in [0.15, 0.2) is 36.5 Å². The summed E-state index contributed by atoms with van der Waals surface area (Å²) in [5, 5.41) is 6.18. The lowest BCUT2D eigenvalue weighted by molar-refractivity contribution is 0.0950. The van der Waals surface area contributed by atoms with Crippen LogP contribution in [-0.2, 0) is 0 Å². The topological polar surface area (TPSA) is 61.7 Å². The van der Waals surface area contributed by atoms with E-state index in [-0.39, 0.29) is 42.3 Å². The van der Waals surface area contributed by atoms with Crippen LogP contribution < -0.4 is 10.6 Å². The highest BCUT2D eigenvalue weighted by atomic mass is 35.5. The largest absolute Gasteiger partial charge is 0.352 e. The number of nitrogens with one attached hydrogen (secondary N) is 2. The van der Waals surface area contributed by atoms with E-state index >= 15 is 4.39 Å². The Hall–Kier alpha value is -2.37. The van der Waals surface area contributed by atoms with Crippen molar-refractivity contribution in [3.8, 4) is 11.3 Å². The first-order valence-corrected chi connectivity index (χ1v) is 14.1. The van der Waals surface area contributed by atoms with E-state index in [1.54, 1.807) is 24.4 Å². The van der Waals surface area contributed by atoms with Crippen molar-refractivity contribution < 1.29 is 18.0 Å². The molecule has 4 heterocycles. The van der Waals surface area contributed by atoms with E-state index in [2.05, 4.69) is 20.5 Å². The van der Waals surface area contributed by atoms with Gasteiger partial charge in [0, 0.05) is 48.6 Å². The third-order valence-corrected chi connectivity index (χ3v) is 8.65. The molecule has 2 N–H and O–H groups in total. The van der Waals surface area contributed by atoms with Gasteiger partial charge in [0.2, 0.25) is 0 Å². The number of hydrogen-bond donors (Lipinski definition) is 2. The summed E-state index contributed by atoms with van der Waals surface area (Å²) in [7, 11) is 0. The molecule has 0 aliphatic carbocycles. The molecule has 2 saturated heterocycles. The number of alkyl halides is 1. The maximum atomic E-state index is 15.0. The Labute approximate surface area is 247 Å². The van der Waals surface area contributed by atoms with Crippen LogP contribution in [0.2, 0.25) is 0 Å². The van der Waals surface area contributed by atoms with Crippen molar-refractivity contribution >= 4 is 57.2 Å². The highest BCUT2D eigenvalue weighted by Gasteiger charge is 2.25. The lowest BCUT2D eigenvalue weighted by Crippen LogP contribution is -2.36. The molecule has 0 spiro atoms. The lowest BCUT2D eigenvalue weighted by Gasteiger charge is -2.28. The SMILES string of the molecule is Cl.Cl.O=C(NCCCN1CCC(F)CC1)c1ccc2c(c1)sc1nc(-c3ccc(C4CCCN4)c(F)c3F)cn12. The standard InChI is InChI=1S/C28H30F3N5OS.2ClH/c29-18-8-13-35(14-9-18)12-2-11-33-27(37)17-4-7-23-24(15-17)38-28-34-22(16-36(23)28)20-6-5-19(25(30)26(20)31)21-3-1-10-32-21;;/h4-7,15-16,18,21,32H,1-3,8-14H2,(H,33,37);2*1H. The molecule has 0 bridgehead atoms. The summed E-state index contributed by atoms with van der Waals surface area (Å²) in [6, 6.07) is 8.55. The Bertz CT molecular complexity index is 1480. The number of carbonyl (C=O) groups is 1. The van der Waals surface area contributed by atoms with Crippen molar-refractivity contribution in [2.24, 2.45) is 0 Å². The van der Waals surface area contributed by atoms with E-state index in [0.29, 0.717) is 41.2 Å². The minimum atomic E-state index is -0.878. The smallest absolute Gasteiger partial charge is 0.251 e. The molecule has 0 saturated carbocycles. The van der Waals surface area contributed by atoms with Gasteiger partial charge in [-0.05, 0) is 69.5 Å². The van der Waals surface area contributed by atoms with Gasteiger partial charge in [0.1, 0.15) is 6.17 Å². The number of rotatable bonds is 7. The van der Waals surface area contributed by atoms with Crippen LogP contribution in [0.4, 0.5) is 13.2 Å². The molecule has 1 amide bonds. The summed E-state index contributed by atoms with van der Waals surface area (Å²) in [4.78, 5) is 20.1. The Kier molecular flexibility index (Phi) is 10.00. The first-order valence-electron chi connectivity index (χ1n) is 13.3. The second kappa shape index (κ2) is 13.1. The Morgan fingerprint density at radius 2 is 1.90 bits per heavy atom. The summed E-state index contributed by atoms with van der Waals surface area (Å²) in [5.74, 6) is -1.84. The molecule has 2 aliphatic heterocycles. The zero-order chi connectivity index (χ0) is 26.2. The van der Waals surface area contributed by atoms with Gasteiger partial charge in [0.25, 0.3) is 5.91 Å². The van der Waals surface area contributed by atoms with Crippen LogP contribution in [0.1, 0.15) is 54.1 Å². The van der Waals surface area contributed by atoms with Crippen LogP contribution in [0, 0.1) is 11.6 Å². The zero-order valence-electron chi connectivity index (χ0n) is 21.8. The average Bonchev–Trinajstić information content (AvgIpc) is 3.66. The number of halogens is 5. The normalized spacial score (nSPS) is 18.1. The second-order valence-electron chi connectivity index (χ2n) is 10.2. The number of piperidine rings is 1. The number of hydrogen-bond acceptors (Lipinski definition) is 5. The van der Waals surface area contributed by atoms with E-state index in [0.717, 1.165) is 55.7 Å². The first kappa shape index (κ1) is 30.6. The zero-order valence-corrected chi connectivity index (χ0v) is 24.2. The van der Waals surface area contributed by atoms with Crippen LogP contribution in [-0.4, -0.2) is 59.1 Å². The highest BCUT2D eigenvalue weighted by Crippen LogP contribution is 2.34. The number of likely N-dealkylation sites (tertiary alicyclic amines) is 1. The van der Waals surface area contributed by atoms with E-state index < -0.39 is 17.8 Å². The van der Waals surface area contributed by atoms with Gasteiger partial charge in [-0.2, -0.15) is 0 Å². The van der Waals surface area contributed by atoms with Crippen molar-refractivity contribution in [2.45, 2.75) is 44.3 Å². The van der Waals surface area contributed by atoms with Crippen LogP contribution in [0.3, 0.4) is 0 Å². The number of nitrogens with zero attached hydrogens (tertiary/aromatic N) is 3. The van der Waals surface area contributed by atoms with Crippen molar-refractivity contribution in [1.82, 2.24) is 24.9 Å². The quantitative estimate of drug-likeness (QED) is 0.240. The van der Waals surface area contributed by atoms with E-state index in [9.17, 15) is 13.6 Å². The molecule has 2 fully saturated rings. The molecule has 6 rings (SSSR count). The molecule has 12 heteroatoms. The van der Waals surface area contributed by atoms with Crippen LogP contribution in [0.25, 0.3) is 26.4 Å². The molecule has 2 aromatic carbocycles. The maximum Gasteiger partial charge on any atom is 0.251 e. The van der Waals surface area contributed by atoms with Crippen molar-refractivity contribution in [1.29, 1.82) is 0 Å². The highest BCUT2D eigenvalue weighted by molar-refractivity contribution is 7.23. The Morgan fingerprint density at radius 3 is 2.65 bits per heavy atom. The molecule has 1 atom stereocenters. The molecule has 1 unspecified atom stereocenters. The lowest BCUT2D eigenvalue weighted by atomic mass is 10.0. The van der Waals surface area contributed by atoms with Gasteiger partial charge in [0.15, 0.2) is 16.6 Å². The van der Waals surface area contributed by atoms with Crippen molar-refractivity contribution in [3.05, 3.63) is 59.3 Å². The minimum Gasteiger partial charge on any atom is -0.352 e. The molecular formula is C28H32Cl2F3N5OS. The van der Waals surface area contributed by atoms with E-state index in [4.69, 9.17) is 0 Å². The van der Waals surface area contributed by atoms with Crippen LogP contribution in [0.5, 0.6) is 0 Å². The number of imidazole rings is 1. The number of carbonyl (C=O) groups excluding carboxylic acids is 1. The number of amides is 1. The summed E-state index contributed by atoms with van der Waals surface area (Å²) >= 11 is 1.40. The fraction of sp³-hybridized carbons (Fsp3) is 0.429. The number of benzene rings is 2. The van der Waals surface area contributed by atoms with Crippen molar-refractivity contribution in [3.63, 3.8) is 0 Å². The maximum absolute atomic E-state index is 15.0. The summed E-state index contributed by atoms with van der Waals surface area (Å²) in [5.41, 5.74) is 2.28. The summed E-state index contributed by atoms with van der Waals surface area (Å²) in [6.07, 6.45) is 4.77. The third-order valence-electron chi connectivity index (χ3n) is 7.63. The van der Waals surface area contributed by atoms with Gasteiger partial charge in [-0.25, -0.2) is 18.2 Å². The summed E-state index contributed by atoms with van der Waals surface area (Å²) in [6.45, 7) is 3.77. The first-order chi connectivity index (χ1) is 18.5. The number of aromatic nitrogens is 2. The van der Waals surface area contributed by atoms with Crippen LogP contribution >= 0.6 is 36.2 Å². The Morgan fingerprint density at radius 1 is 1.10 bits per heavy atom. The number of fused-ring (bicyclic) bond motifs is 3. The van der Waals surface area contributed by atoms with Gasteiger partial charge in [-0.15, -0.1) is 24.8 Å². The second-order valence-corrected chi connectivity index (χ2v) is 11.2. The van der Waals surface area contributed by atoms with Gasteiger partial charge in [-0.1, -0.05) is 17.4 Å². The van der Waals surface area contributed by atoms with Gasteiger partial charge in [-0.3, -0.25) is 9.20 Å². The van der Waals surface area contributed by atoms with Gasteiger partial charge in [0.05, 0.1) is 15.9 Å². The minimum absolute atomic E-state index is 0. The molecule has 216 valence electrons. The molecule has 6 nitrogen and oxygen atoms in total. The fourth-order valence-electron chi connectivity index (χ4n) is 5.49. The monoisotopic (exact) mass is 613 g/mol. The molecule has 4 aromatic rings. The molecule has 40 heavy (non-hydrogen) atoms.